The summed E-state index contributed by atoms with van der Waals surface area (Å²) in [4.78, 5) is 12.4. The maximum absolute atomic E-state index is 12.8. The van der Waals surface area contributed by atoms with Gasteiger partial charge in [-0.3, -0.25) is 4.79 Å². The Morgan fingerprint density at radius 2 is 2.04 bits per heavy atom. The second-order valence-corrected chi connectivity index (χ2v) is 9.11. The molecule has 1 fully saturated rings. The Morgan fingerprint density at radius 1 is 1.26 bits per heavy atom. The van der Waals surface area contributed by atoms with E-state index in [4.69, 9.17) is 0 Å². The van der Waals surface area contributed by atoms with Crippen molar-refractivity contribution in [2.24, 2.45) is 0 Å². The average Bonchev–Trinajstić information content (AvgIpc) is 3.15. The van der Waals surface area contributed by atoms with Gasteiger partial charge in [0.25, 0.3) is 0 Å². The fourth-order valence-electron chi connectivity index (χ4n) is 2.89. The summed E-state index contributed by atoms with van der Waals surface area (Å²) in [6.45, 7) is 3.80. The minimum Gasteiger partial charge on any atom is -0.325 e. The molecule has 0 radical (unpaired) electrons. The zero-order valence-electron chi connectivity index (χ0n) is 15.2. The van der Waals surface area contributed by atoms with Crippen LogP contribution in [0.4, 0.5) is 5.69 Å². The molecule has 0 saturated carbocycles. The Kier molecular flexibility index (Phi) is 6.51. The zero-order valence-corrected chi connectivity index (χ0v) is 16.8. The van der Waals surface area contributed by atoms with Crippen molar-refractivity contribution in [3.05, 3.63) is 30.6 Å². The molecule has 0 unspecified atom stereocenters. The molecule has 1 aliphatic rings. The Morgan fingerprint density at radius 3 is 2.78 bits per heavy atom. The van der Waals surface area contributed by atoms with Crippen molar-refractivity contribution < 1.29 is 13.2 Å². The van der Waals surface area contributed by atoms with Crippen LogP contribution in [0.25, 0.3) is 0 Å². The molecule has 10 heteroatoms. The van der Waals surface area contributed by atoms with E-state index in [1.54, 1.807) is 24.5 Å². The van der Waals surface area contributed by atoms with Crippen LogP contribution in [0.5, 0.6) is 0 Å². The van der Waals surface area contributed by atoms with E-state index in [-0.39, 0.29) is 16.6 Å². The Balaban J connectivity index is 1.64. The number of sulfonamides is 1. The van der Waals surface area contributed by atoms with Crippen molar-refractivity contribution >= 4 is 33.4 Å². The summed E-state index contributed by atoms with van der Waals surface area (Å²) in [5.74, 6) is -0.0555. The predicted molar refractivity (Wildman–Crippen MR) is 104 cm³/mol. The number of benzene rings is 1. The van der Waals surface area contributed by atoms with Gasteiger partial charge in [-0.25, -0.2) is 8.42 Å². The van der Waals surface area contributed by atoms with Crippen LogP contribution in [0.1, 0.15) is 26.2 Å². The lowest BCUT2D eigenvalue weighted by Gasteiger charge is -2.26. The number of piperidine rings is 1. The van der Waals surface area contributed by atoms with E-state index in [0.29, 0.717) is 23.9 Å². The topological polar surface area (TPSA) is 97.2 Å². The number of hydrogen-bond acceptors (Lipinski definition) is 6. The molecule has 8 nitrogen and oxygen atoms in total. The highest BCUT2D eigenvalue weighted by Crippen LogP contribution is 2.23. The molecular weight excluding hydrogens is 386 g/mol. The number of amides is 1. The van der Waals surface area contributed by atoms with Crippen LogP contribution in [0.15, 0.2) is 40.6 Å². The number of carbonyl (C=O) groups excluding carboxylic acids is 1. The van der Waals surface area contributed by atoms with Crippen LogP contribution < -0.4 is 5.32 Å². The number of hydrogen-bond donors (Lipinski definition) is 1. The van der Waals surface area contributed by atoms with Gasteiger partial charge in [0.05, 0.1) is 10.6 Å². The van der Waals surface area contributed by atoms with Crippen LogP contribution in [0, 0.1) is 0 Å². The van der Waals surface area contributed by atoms with Crippen molar-refractivity contribution in [2.75, 3.05) is 24.2 Å². The quantitative estimate of drug-likeness (QED) is 0.704. The SMILES string of the molecule is CCn1cnnc1SCC(=O)Nc1cccc(S(=O)(=O)N2CCCCC2)c1. The van der Waals surface area contributed by atoms with E-state index in [2.05, 4.69) is 15.5 Å². The summed E-state index contributed by atoms with van der Waals surface area (Å²) in [7, 11) is -3.52. The van der Waals surface area contributed by atoms with Gasteiger partial charge in [0.1, 0.15) is 6.33 Å². The number of aromatic nitrogens is 3. The molecule has 146 valence electrons. The Bertz CT molecular complexity index is 891. The maximum Gasteiger partial charge on any atom is 0.243 e. The molecule has 0 aliphatic carbocycles. The molecule has 1 amide bonds. The van der Waals surface area contributed by atoms with Gasteiger partial charge in [0.2, 0.25) is 15.9 Å². The van der Waals surface area contributed by atoms with Crippen LogP contribution in [-0.2, 0) is 21.4 Å². The summed E-state index contributed by atoms with van der Waals surface area (Å²) in [5.41, 5.74) is 0.468. The zero-order chi connectivity index (χ0) is 19.3. The number of rotatable bonds is 7. The number of carbonyl (C=O) groups is 1. The monoisotopic (exact) mass is 409 g/mol. The third-order valence-corrected chi connectivity index (χ3v) is 7.20. The molecule has 1 N–H and O–H groups in total. The summed E-state index contributed by atoms with van der Waals surface area (Å²) in [6.07, 6.45) is 4.45. The van der Waals surface area contributed by atoms with Gasteiger partial charge in [-0.05, 0) is 38.0 Å². The van der Waals surface area contributed by atoms with Gasteiger partial charge < -0.3 is 9.88 Å². The third kappa shape index (κ3) is 4.88. The molecule has 1 saturated heterocycles. The minimum absolute atomic E-state index is 0.168. The number of nitrogens with zero attached hydrogens (tertiary/aromatic N) is 4. The highest BCUT2D eigenvalue weighted by atomic mass is 32.2. The summed E-state index contributed by atoms with van der Waals surface area (Å²) in [5, 5.41) is 11.2. The molecule has 1 aliphatic heterocycles. The first-order valence-electron chi connectivity index (χ1n) is 8.91. The first-order valence-corrected chi connectivity index (χ1v) is 11.3. The van der Waals surface area contributed by atoms with Gasteiger partial charge in [-0.2, -0.15) is 4.31 Å². The van der Waals surface area contributed by atoms with Crippen molar-refractivity contribution in [2.45, 2.75) is 42.8 Å². The molecular formula is C17H23N5O3S2. The number of thioether (sulfide) groups is 1. The van der Waals surface area contributed by atoms with Crippen molar-refractivity contribution in [3.63, 3.8) is 0 Å². The fourth-order valence-corrected chi connectivity index (χ4v) is 5.23. The van der Waals surface area contributed by atoms with Gasteiger partial charge in [0.15, 0.2) is 5.16 Å². The van der Waals surface area contributed by atoms with Crippen molar-refractivity contribution in [1.82, 2.24) is 19.1 Å². The van der Waals surface area contributed by atoms with Crippen molar-refractivity contribution in [3.8, 4) is 0 Å². The van der Waals surface area contributed by atoms with Crippen LogP contribution >= 0.6 is 11.8 Å². The molecule has 3 rings (SSSR count). The molecule has 0 bridgehead atoms. The van der Waals surface area contributed by atoms with E-state index in [1.807, 2.05) is 11.5 Å². The minimum atomic E-state index is -3.52. The molecule has 1 aromatic heterocycles. The van der Waals surface area contributed by atoms with E-state index >= 15 is 0 Å². The van der Waals surface area contributed by atoms with Gasteiger partial charge in [-0.1, -0.05) is 24.2 Å². The van der Waals surface area contributed by atoms with Crippen LogP contribution in [0.3, 0.4) is 0 Å². The van der Waals surface area contributed by atoms with Gasteiger partial charge >= 0.3 is 0 Å². The normalized spacial score (nSPS) is 15.6. The fraction of sp³-hybridized carbons (Fsp3) is 0.471. The molecule has 0 spiro atoms. The second-order valence-electron chi connectivity index (χ2n) is 6.23. The maximum atomic E-state index is 12.8. The molecule has 1 aromatic carbocycles. The summed E-state index contributed by atoms with van der Waals surface area (Å²) >= 11 is 1.29. The lowest BCUT2D eigenvalue weighted by molar-refractivity contribution is -0.113. The van der Waals surface area contributed by atoms with E-state index < -0.39 is 10.0 Å². The molecule has 2 heterocycles. The van der Waals surface area contributed by atoms with E-state index in [1.165, 1.54) is 22.1 Å². The third-order valence-electron chi connectivity index (χ3n) is 4.32. The van der Waals surface area contributed by atoms with Crippen LogP contribution in [0.2, 0.25) is 0 Å². The van der Waals surface area contributed by atoms with Crippen LogP contribution in [-0.4, -0.2) is 52.2 Å². The molecule has 27 heavy (non-hydrogen) atoms. The lowest BCUT2D eigenvalue weighted by atomic mass is 10.2. The average molecular weight is 410 g/mol. The first-order chi connectivity index (χ1) is 13.0. The predicted octanol–water partition coefficient (Wildman–Crippen LogP) is 2.20. The van der Waals surface area contributed by atoms with E-state index in [0.717, 1.165) is 25.8 Å². The number of aryl methyl sites for hydroxylation is 1. The number of nitrogens with one attached hydrogen (secondary N) is 1. The Hall–Kier alpha value is -1.91. The first kappa shape index (κ1) is 19.8. The molecule has 0 atom stereocenters. The van der Waals surface area contributed by atoms with E-state index in [9.17, 15) is 13.2 Å². The largest absolute Gasteiger partial charge is 0.325 e. The number of anilines is 1. The Labute approximate surface area is 163 Å². The van der Waals surface area contributed by atoms with Gasteiger partial charge in [-0.15, -0.1) is 10.2 Å². The second kappa shape index (κ2) is 8.85. The van der Waals surface area contributed by atoms with Gasteiger partial charge in [0, 0.05) is 25.3 Å². The standard InChI is InChI=1S/C17H23N5O3S2/c1-2-21-13-18-20-17(21)26-12-16(23)19-14-7-6-8-15(11-14)27(24,25)22-9-4-3-5-10-22/h6-8,11,13H,2-5,9-10,12H2,1H3,(H,19,23). The van der Waals surface area contributed by atoms with Crippen molar-refractivity contribution in [1.29, 1.82) is 0 Å². The highest BCUT2D eigenvalue weighted by Gasteiger charge is 2.26. The summed E-state index contributed by atoms with van der Waals surface area (Å²) in [6, 6.07) is 6.42. The molecule has 2 aromatic rings. The highest BCUT2D eigenvalue weighted by molar-refractivity contribution is 7.99. The lowest BCUT2D eigenvalue weighted by Crippen LogP contribution is -2.35. The smallest absolute Gasteiger partial charge is 0.243 e. The summed E-state index contributed by atoms with van der Waals surface area (Å²) < 4.78 is 28.9.